The smallest absolute Gasteiger partial charge is 0.340 e. The Hall–Kier alpha value is -4.20. The highest BCUT2D eigenvalue weighted by Gasteiger charge is 2.20. The molecule has 4 aromatic heterocycles. The van der Waals surface area contributed by atoms with Crippen LogP contribution in [0.3, 0.4) is 0 Å². The van der Waals surface area contributed by atoms with Crippen molar-refractivity contribution in [1.82, 2.24) is 34.1 Å². The average Bonchev–Trinajstić information content (AvgIpc) is 3.33. The Bertz CT molecular complexity index is 1210. The Morgan fingerprint density at radius 1 is 1.41 bits per heavy atom. The quantitative estimate of drug-likeness (QED) is 0.477. The van der Waals surface area contributed by atoms with Gasteiger partial charge in [0.1, 0.15) is 41.1 Å². The number of nitriles is 1. The van der Waals surface area contributed by atoms with E-state index < -0.39 is 6.04 Å². The summed E-state index contributed by atoms with van der Waals surface area (Å²) in [6.07, 6.45) is 6.02. The number of fused-ring (bicyclic) bond motifs is 1. The maximum absolute atomic E-state index is 13.0. The van der Waals surface area contributed by atoms with Crippen LogP contribution in [0.2, 0.25) is 0 Å². The van der Waals surface area contributed by atoms with Crippen LogP contribution in [-0.2, 0) is 0 Å². The summed E-state index contributed by atoms with van der Waals surface area (Å²) in [4.78, 5) is 25.4. The number of aromatic nitrogens is 7. The third kappa shape index (κ3) is 2.65. The van der Waals surface area contributed by atoms with E-state index in [0.717, 1.165) is 0 Å². The van der Waals surface area contributed by atoms with Crippen molar-refractivity contribution in [3.8, 4) is 11.8 Å². The Morgan fingerprint density at radius 3 is 3.00 bits per heavy atom. The molecule has 0 aromatic carbocycles. The molecule has 4 heterocycles. The summed E-state index contributed by atoms with van der Waals surface area (Å²) in [7, 11) is 0. The molecule has 0 aliphatic heterocycles. The van der Waals surface area contributed by atoms with Gasteiger partial charge in [0.05, 0.1) is 17.9 Å². The summed E-state index contributed by atoms with van der Waals surface area (Å²) < 4.78 is 2.87. The van der Waals surface area contributed by atoms with Crippen molar-refractivity contribution in [2.24, 2.45) is 0 Å². The molecule has 0 radical (unpaired) electrons. The molecule has 0 amide bonds. The number of anilines is 2. The maximum atomic E-state index is 13.0. The lowest BCUT2D eigenvalue weighted by molar-refractivity contribution is 0.694. The molecule has 1 unspecified atom stereocenters. The molecule has 4 N–H and O–H groups in total. The van der Waals surface area contributed by atoms with Crippen molar-refractivity contribution in [3.63, 3.8) is 0 Å². The minimum atomic E-state index is -0.478. The Kier molecular flexibility index (Phi) is 3.78. The molecule has 0 bridgehead atoms. The zero-order chi connectivity index (χ0) is 19.0. The molecular weight excluding hydrogens is 348 g/mol. The number of H-pyrrole nitrogens is 1. The summed E-state index contributed by atoms with van der Waals surface area (Å²) in [6.45, 7) is 1.80. The topological polar surface area (TPSA) is 156 Å². The number of nitrogen functional groups attached to an aromatic ring is 1. The number of aromatic amines is 1. The molecule has 4 aromatic rings. The normalized spacial score (nSPS) is 12.0. The molecule has 134 valence electrons. The SMILES string of the molecule is CC(Nc1ncnc(N)c1C#N)c1nc2cccn2c(=O)n1-c1cn[nH]c1. The van der Waals surface area contributed by atoms with Crippen LogP contribution in [-0.4, -0.2) is 34.1 Å². The van der Waals surface area contributed by atoms with Crippen LogP contribution in [0.1, 0.15) is 24.4 Å². The number of hydrogen-bond acceptors (Lipinski definition) is 8. The summed E-state index contributed by atoms with van der Waals surface area (Å²) >= 11 is 0. The second kappa shape index (κ2) is 6.26. The van der Waals surface area contributed by atoms with Crippen LogP contribution >= 0.6 is 0 Å². The Morgan fingerprint density at radius 2 is 2.26 bits per heavy atom. The highest BCUT2D eigenvalue weighted by molar-refractivity contribution is 5.62. The summed E-state index contributed by atoms with van der Waals surface area (Å²) in [6, 6.07) is 4.98. The number of nitrogens with one attached hydrogen (secondary N) is 2. The molecule has 1 atom stereocenters. The molecule has 0 fully saturated rings. The standard InChI is InChI=1S/C16H14N10O/c1-9(23-14-11(5-17)13(18)19-8-20-14)15-24-12-3-2-4-25(12)16(27)26(15)10-6-21-22-7-10/h2-4,6-9H,1H3,(H,21,22)(H3,18,19,20,23). The van der Waals surface area contributed by atoms with Crippen LogP contribution in [0.5, 0.6) is 0 Å². The van der Waals surface area contributed by atoms with Gasteiger partial charge in [-0.1, -0.05) is 0 Å². The van der Waals surface area contributed by atoms with E-state index in [0.29, 0.717) is 17.2 Å². The van der Waals surface area contributed by atoms with E-state index in [2.05, 4.69) is 30.5 Å². The Balaban J connectivity index is 1.86. The molecule has 4 rings (SSSR count). The van der Waals surface area contributed by atoms with Crippen LogP contribution in [0, 0.1) is 11.3 Å². The van der Waals surface area contributed by atoms with Crippen molar-refractivity contribution in [1.29, 1.82) is 5.26 Å². The first-order valence-electron chi connectivity index (χ1n) is 7.96. The van der Waals surface area contributed by atoms with Crippen molar-refractivity contribution in [3.05, 3.63) is 58.9 Å². The van der Waals surface area contributed by atoms with Gasteiger partial charge >= 0.3 is 5.69 Å². The van der Waals surface area contributed by atoms with Crippen LogP contribution in [0.15, 0.2) is 41.8 Å². The highest BCUT2D eigenvalue weighted by Crippen LogP contribution is 2.22. The van der Waals surface area contributed by atoms with Gasteiger partial charge in [-0.2, -0.15) is 10.4 Å². The van der Waals surface area contributed by atoms with E-state index in [-0.39, 0.29) is 22.9 Å². The van der Waals surface area contributed by atoms with Crippen LogP contribution in [0.25, 0.3) is 11.3 Å². The van der Waals surface area contributed by atoms with E-state index in [1.54, 1.807) is 31.5 Å². The number of nitrogens with zero attached hydrogens (tertiary/aromatic N) is 7. The second-order valence-corrected chi connectivity index (χ2v) is 5.74. The average molecular weight is 362 g/mol. The number of hydrogen-bond donors (Lipinski definition) is 3. The van der Waals surface area contributed by atoms with Crippen molar-refractivity contribution >= 4 is 17.3 Å². The van der Waals surface area contributed by atoms with Gasteiger partial charge in [-0.25, -0.2) is 24.3 Å². The number of rotatable bonds is 4. The van der Waals surface area contributed by atoms with Gasteiger partial charge in [0.2, 0.25) is 0 Å². The third-order valence-corrected chi connectivity index (χ3v) is 4.05. The fraction of sp³-hybridized carbons (Fsp3) is 0.125. The minimum Gasteiger partial charge on any atom is -0.382 e. The lowest BCUT2D eigenvalue weighted by atomic mass is 10.2. The first-order chi connectivity index (χ1) is 13.1. The fourth-order valence-corrected chi connectivity index (χ4v) is 2.79. The molecule has 11 nitrogen and oxygen atoms in total. The van der Waals surface area contributed by atoms with E-state index in [4.69, 9.17) is 5.73 Å². The highest BCUT2D eigenvalue weighted by atomic mass is 16.1. The van der Waals surface area contributed by atoms with Gasteiger partial charge in [0.15, 0.2) is 0 Å². The summed E-state index contributed by atoms with van der Waals surface area (Å²) in [5.41, 5.74) is 6.62. The molecular formula is C16H14N10O. The third-order valence-electron chi connectivity index (χ3n) is 4.05. The van der Waals surface area contributed by atoms with E-state index >= 15 is 0 Å². The maximum Gasteiger partial charge on any atom is 0.340 e. The first-order valence-corrected chi connectivity index (χ1v) is 7.96. The zero-order valence-corrected chi connectivity index (χ0v) is 14.2. The largest absolute Gasteiger partial charge is 0.382 e. The monoisotopic (exact) mass is 362 g/mol. The molecule has 27 heavy (non-hydrogen) atoms. The second-order valence-electron chi connectivity index (χ2n) is 5.74. The molecule has 0 spiro atoms. The molecule has 0 saturated carbocycles. The van der Waals surface area contributed by atoms with Gasteiger partial charge in [-0.05, 0) is 19.1 Å². The van der Waals surface area contributed by atoms with E-state index in [1.807, 2.05) is 6.07 Å². The zero-order valence-electron chi connectivity index (χ0n) is 14.2. The van der Waals surface area contributed by atoms with Gasteiger partial charge in [0, 0.05) is 12.4 Å². The lowest BCUT2D eigenvalue weighted by Crippen LogP contribution is -2.31. The van der Waals surface area contributed by atoms with Gasteiger partial charge in [0.25, 0.3) is 0 Å². The predicted molar refractivity (Wildman–Crippen MR) is 96.1 cm³/mol. The molecule has 0 aliphatic carbocycles. The summed E-state index contributed by atoms with van der Waals surface area (Å²) in [5.74, 6) is 0.763. The van der Waals surface area contributed by atoms with Gasteiger partial charge in [-0.15, -0.1) is 0 Å². The molecule has 0 aliphatic rings. The van der Waals surface area contributed by atoms with E-state index in [9.17, 15) is 10.1 Å². The number of nitrogens with two attached hydrogens (primary N) is 1. The van der Waals surface area contributed by atoms with Crippen molar-refractivity contribution in [2.75, 3.05) is 11.1 Å². The first kappa shape index (κ1) is 16.3. The van der Waals surface area contributed by atoms with Gasteiger partial charge in [-0.3, -0.25) is 9.50 Å². The predicted octanol–water partition coefficient (Wildman–Crippen LogP) is 0.625. The van der Waals surface area contributed by atoms with Crippen LogP contribution < -0.4 is 16.7 Å². The minimum absolute atomic E-state index is 0.0735. The lowest BCUT2D eigenvalue weighted by Gasteiger charge is -2.19. The summed E-state index contributed by atoms with van der Waals surface area (Å²) in [5, 5.41) is 19.0. The molecule has 0 saturated heterocycles. The van der Waals surface area contributed by atoms with Crippen molar-refractivity contribution < 1.29 is 0 Å². The van der Waals surface area contributed by atoms with E-state index in [1.165, 1.54) is 21.5 Å². The molecule has 11 heteroatoms. The fourth-order valence-electron chi connectivity index (χ4n) is 2.79. The van der Waals surface area contributed by atoms with Crippen molar-refractivity contribution in [2.45, 2.75) is 13.0 Å². The Labute approximate surface area is 152 Å². The van der Waals surface area contributed by atoms with Crippen LogP contribution in [0.4, 0.5) is 11.6 Å². The van der Waals surface area contributed by atoms with Gasteiger partial charge < -0.3 is 11.1 Å².